The maximum atomic E-state index is 12.6. The van der Waals surface area contributed by atoms with Crippen molar-refractivity contribution in [2.75, 3.05) is 19.6 Å². The largest absolute Gasteiger partial charge is 0.481 e. The molecule has 0 aliphatic rings. The van der Waals surface area contributed by atoms with E-state index < -0.39 is 97.4 Å². The van der Waals surface area contributed by atoms with Gasteiger partial charge in [0.05, 0.1) is 26.1 Å². The van der Waals surface area contributed by atoms with Crippen molar-refractivity contribution in [1.82, 2.24) is 37.4 Å². The molecule has 0 aliphatic heterocycles. The summed E-state index contributed by atoms with van der Waals surface area (Å²) in [6, 6.07) is -4.03. The standard InChI is InChI=1S/C21H34N8O11/c1-3-14(31)27-12(6-18(35)36)21(39)28-11(4-5-13(22)30)20(38)25-8-16(33)23-7-15(32)24-9-17(34)26-10(2)19(37)29-40/h10-12,40H,3-9H2,1-2H3,(H2,22,30)(H,23,33)(H,24,32)(H,25,38)(H,26,34)(H,27,31)(H,28,39)(H,29,37)(H,35,36). The first-order chi connectivity index (χ1) is 18.7. The molecule has 3 atom stereocenters. The fourth-order valence-corrected chi connectivity index (χ4v) is 2.74. The average Bonchev–Trinajstić information content (AvgIpc) is 2.89. The second-order valence-electron chi connectivity index (χ2n) is 8.17. The number of carboxylic acids is 1. The molecule has 0 radical (unpaired) electrons. The van der Waals surface area contributed by atoms with Crippen LogP contribution in [0.1, 0.15) is 39.5 Å². The van der Waals surface area contributed by atoms with Crippen LogP contribution in [0.5, 0.6) is 0 Å². The van der Waals surface area contributed by atoms with E-state index in [0.717, 1.165) is 0 Å². The fraction of sp³-hybridized carbons (Fsp3) is 0.571. The zero-order valence-electron chi connectivity index (χ0n) is 21.8. The Kier molecular flexibility index (Phi) is 16.2. The first-order valence-electron chi connectivity index (χ1n) is 11.8. The number of rotatable bonds is 18. The van der Waals surface area contributed by atoms with E-state index >= 15 is 0 Å². The van der Waals surface area contributed by atoms with E-state index in [-0.39, 0.29) is 19.3 Å². The van der Waals surface area contributed by atoms with Crippen molar-refractivity contribution >= 4 is 53.2 Å². The van der Waals surface area contributed by atoms with Gasteiger partial charge in [0, 0.05) is 12.8 Å². The Hall–Kier alpha value is -4.81. The zero-order valence-corrected chi connectivity index (χ0v) is 21.8. The number of hydroxylamine groups is 1. The van der Waals surface area contributed by atoms with Crippen LogP contribution in [0.2, 0.25) is 0 Å². The number of amides is 8. The highest BCUT2D eigenvalue weighted by atomic mass is 16.5. The lowest BCUT2D eigenvalue weighted by atomic mass is 10.1. The predicted octanol–water partition coefficient (Wildman–Crippen LogP) is -5.54. The van der Waals surface area contributed by atoms with Gasteiger partial charge in [-0.2, -0.15) is 0 Å². The molecule has 224 valence electrons. The summed E-state index contributed by atoms with van der Waals surface area (Å²) in [6.45, 7) is 0.945. The van der Waals surface area contributed by atoms with E-state index in [1.54, 1.807) is 0 Å². The molecule has 0 bridgehead atoms. The summed E-state index contributed by atoms with van der Waals surface area (Å²) in [4.78, 5) is 106. The van der Waals surface area contributed by atoms with Crippen LogP contribution < -0.4 is 43.1 Å². The highest BCUT2D eigenvalue weighted by Crippen LogP contribution is 2.01. The van der Waals surface area contributed by atoms with E-state index in [1.807, 2.05) is 0 Å². The lowest BCUT2D eigenvalue weighted by Crippen LogP contribution is -2.55. The van der Waals surface area contributed by atoms with E-state index in [1.165, 1.54) is 19.3 Å². The number of nitrogens with one attached hydrogen (secondary N) is 7. The van der Waals surface area contributed by atoms with Gasteiger partial charge < -0.3 is 42.7 Å². The van der Waals surface area contributed by atoms with Crippen LogP contribution in [0.25, 0.3) is 0 Å². The number of hydrogen-bond donors (Lipinski definition) is 10. The summed E-state index contributed by atoms with van der Waals surface area (Å²) in [7, 11) is 0. The van der Waals surface area contributed by atoms with Crippen molar-refractivity contribution < 1.29 is 53.5 Å². The molecule has 0 rings (SSSR count). The van der Waals surface area contributed by atoms with Gasteiger partial charge in [0.2, 0.25) is 41.4 Å². The predicted molar refractivity (Wildman–Crippen MR) is 131 cm³/mol. The Morgan fingerprint density at radius 2 is 1.25 bits per heavy atom. The van der Waals surface area contributed by atoms with Gasteiger partial charge in [-0.1, -0.05) is 6.92 Å². The minimum Gasteiger partial charge on any atom is -0.481 e. The summed E-state index contributed by atoms with van der Waals surface area (Å²) in [5, 5.41) is 30.6. The lowest BCUT2D eigenvalue weighted by molar-refractivity contribution is -0.141. The number of nitrogens with two attached hydrogens (primary N) is 1. The molecule has 19 nitrogen and oxygen atoms in total. The minimum atomic E-state index is -1.52. The third-order valence-corrected chi connectivity index (χ3v) is 4.86. The van der Waals surface area contributed by atoms with Crippen molar-refractivity contribution in [3.63, 3.8) is 0 Å². The topological polar surface area (TPSA) is 304 Å². The van der Waals surface area contributed by atoms with Crippen molar-refractivity contribution in [2.24, 2.45) is 5.73 Å². The van der Waals surface area contributed by atoms with E-state index in [2.05, 4.69) is 31.9 Å². The van der Waals surface area contributed by atoms with Crippen LogP contribution in [0.3, 0.4) is 0 Å². The molecule has 0 aliphatic carbocycles. The first-order valence-corrected chi connectivity index (χ1v) is 11.8. The molecule has 0 fully saturated rings. The highest BCUT2D eigenvalue weighted by Gasteiger charge is 2.28. The lowest BCUT2D eigenvalue weighted by Gasteiger charge is -2.22. The van der Waals surface area contributed by atoms with Crippen LogP contribution in [0, 0.1) is 0 Å². The number of aliphatic carboxylic acids is 1. The summed E-state index contributed by atoms with van der Waals surface area (Å²) in [6.07, 6.45) is -1.49. The van der Waals surface area contributed by atoms with Gasteiger partial charge in [0.25, 0.3) is 5.91 Å². The summed E-state index contributed by atoms with van der Waals surface area (Å²) >= 11 is 0. The number of carboxylic acid groups (broad SMARTS) is 1. The molecule has 3 unspecified atom stereocenters. The maximum Gasteiger partial charge on any atom is 0.305 e. The van der Waals surface area contributed by atoms with Crippen molar-refractivity contribution in [1.29, 1.82) is 0 Å². The normalized spacial score (nSPS) is 12.4. The smallest absolute Gasteiger partial charge is 0.305 e. The monoisotopic (exact) mass is 574 g/mol. The molecule has 0 aromatic carbocycles. The van der Waals surface area contributed by atoms with Gasteiger partial charge in [-0.25, -0.2) is 5.48 Å². The Labute approximate surface area is 227 Å². The van der Waals surface area contributed by atoms with Crippen LogP contribution >= 0.6 is 0 Å². The minimum absolute atomic E-state index is 0.0438. The summed E-state index contributed by atoms with van der Waals surface area (Å²) in [5.41, 5.74) is 6.42. The van der Waals surface area contributed by atoms with Crippen LogP contribution in [0.15, 0.2) is 0 Å². The van der Waals surface area contributed by atoms with Gasteiger partial charge in [-0.15, -0.1) is 0 Å². The molecule has 0 aromatic heterocycles. The molecule has 0 heterocycles. The molecule has 0 spiro atoms. The molecule has 19 heteroatoms. The Bertz CT molecular complexity index is 988. The molecular formula is C21H34N8O11. The SMILES string of the molecule is CCC(=O)NC(CC(=O)O)C(=O)NC(CCC(N)=O)C(=O)NCC(=O)NCC(=O)NCC(=O)NC(C)C(=O)NO. The van der Waals surface area contributed by atoms with Gasteiger partial charge in [-0.3, -0.25) is 48.4 Å². The van der Waals surface area contributed by atoms with Gasteiger partial charge >= 0.3 is 5.97 Å². The van der Waals surface area contributed by atoms with Crippen LogP contribution in [-0.2, 0) is 43.2 Å². The summed E-state index contributed by atoms with van der Waals surface area (Å²) in [5.74, 6) is -8.07. The summed E-state index contributed by atoms with van der Waals surface area (Å²) < 4.78 is 0. The molecule has 0 saturated carbocycles. The number of carbonyl (C=O) groups excluding carboxylic acids is 8. The quantitative estimate of drug-likeness (QED) is 0.0543. The van der Waals surface area contributed by atoms with Crippen LogP contribution in [-0.4, -0.2) is 101 Å². The maximum absolute atomic E-state index is 12.6. The third kappa shape index (κ3) is 15.4. The second-order valence-corrected chi connectivity index (χ2v) is 8.17. The molecule has 11 N–H and O–H groups in total. The zero-order chi connectivity index (χ0) is 30.8. The van der Waals surface area contributed by atoms with Crippen LogP contribution in [0.4, 0.5) is 0 Å². The molecule has 40 heavy (non-hydrogen) atoms. The average molecular weight is 575 g/mol. The number of hydrogen-bond acceptors (Lipinski definition) is 10. The van der Waals surface area contributed by atoms with Crippen molar-refractivity contribution in [3.05, 3.63) is 0 Å². The Morgan fingerprint density at radius 1 is 0.700 bits per heavy atom. The highest BCUT2D eigenvalue weighted by molar-refractivity contribution is 5.95. The molecular weight excluding hydrogens is 540 g/mol. The van der Waals surface area contributed by atoms with Gasteiger partial charge in [0.1, 0.15) is 18.1 Å². The Balaban J connectivity index is 4.88. The van der Waals surface area contributed by atoms with Gasteiger partial charge in [-0.05, 0) is 13.3 Å². The molecule has 0 aromatic rings. The van der Waals surface area contributed by atoms with E-state index in [4.69, 9.17) is 16.0 Å². The number of primary amides is 1. The van der Waals surface area contributed by atoms with Gasteiger partial charge in [0.15, 0.2) is 0 Å². The second kappa shape index (κ2) is 18.4. The Morgan fingerprint density at radius 3 is 1.75 bits per heavy atom. The van der Waals surface area contributed by atoms with Crippen molar-refractivity contribution in [3.8, 4) is 0 Å². The molecule has 0 saturated heterocycles. The first kappa shape index (κ1) is 35.2. The van der Waals surface area contributed by atoms with E-state index in [9.17, 15) is 43.2 Å². The fourth-order valence-electron chi connectivity index (χ4n) is 2.74. The number of carbonyl (C=O) groups is 9. The third-order valence-electron chi connectivity index (χ3n) is 4.86. The van der Waals surface area contributed by atoms with E-state index in [0.29, 0.717) is 0 Å². The molecule has 8 amide bonds. The van der Waals surface area contributed by atoms with Crippen molar-refractivity contribution in [2.45, 2.75) is 57.7 Å².